The monoisotopic (exact) mass is 727 g/mol. The number of rotatable bonds is 15. The van der Waals surface area contributed by atoms with Crippen molar-refractivity contribution < 1.29 is 65.9 Å². The van der Waals surface area contributed by atoms with Gasteiger partial charge in [0.15, 0.2) is 5.65 Å². The number of para-hydroxylation sites is 1. The van der Waals surface area contributed by atoms with Gasteiger partial charge in [0.05, 0.1) is 41.3 Å². The Bertz CT molecular complexity index is 1830. The number of nitrogen functional groups attached to an aromatic ring is 1. The average molecular weight is 727 g/mol. The maximum absolute atomic E-state index is 13.0. The normalized spacial score (nSPS) is 21.9. The minimum Gasteiger partial charge on any atom is -0.390 e. The van der Waals surface area contributed by atoms with Crippen molar-refractivity contribution in [3.05, 3.63) is 62.1 Å². The van der Waals surface area contributed by atoms with E-state index >= 15 is 0 Å². The standard InChI is InChI=1S/C23H32N5O16P3/c1-12(2)7-17(14-5-3-4-6-15(14)28(31)32)40-10-13-9-27(21-20(13)22(30)26-23(24)25-21)19-8-16(29)18(42-19)11-41-46(36,37)44-47(38,39)43-45(33,34)35/h3-6,9,12,16-19,29H,7-8,10-11H2,1-2H3,(H,36,37)(H,38,39)(H2,33,34,35)(H3,24,25,26,30)/t16-,17+,18-,19-/m1/s1. The van der Waals surface area contributed by atoms with Gasteiger partial charge in [0, 0.05) is 24.2 Å². The number of aromatic amines is 1. The lowest BCUT2D eigenvalue weighted by molar-refractivity contribution is -0.386. The van der Waals surface area contributed by atoms with E-state index in [0.29, 0.717) is 12.0 Å². The van der Waals surface area contributed by atoms with Crippen molar-refractivity contribution in [1.82, 2.24) is 14.5 Å². The first-order valence-corrected chi connectivity index (χ1v) is 18.1. The molecule has 21 nitrogen and oxygen atoms in total. The van der Waals surface area contributed by atoms with Crippen molar-refractivity contribution >= 4 is 46.1 Å². The maximum Gasteiger partial charge on any atom is 0.490 e. The molecule has 260 valence electrons. The fraction of sp³-hybridized carbons (Fsp3) is 0.478. The zero-order valence-corrected chi connectivity index (χ0v) is 27.3. The van der Waals surface area contributed by atoms with Crippen LogP contribution >= 0.6 is 23.5 Å². The van der Waals surface area contributed by atoms with Gasteiger partial charge >= 0.3 is 23.5 Å². The fourth-order valence-corrected chi connectivity index (χ4v) is 7.94. The number of nitrogens with two attached hydrogens (primary N) is 1. The molecule has 0 aliphatic carbocycles. The van der Waals surface area contributed by atoms with Crippen molar-refractivity contribution in [3.8, 4) is 0 Å². The smallest absolute Gasteiger partial charge is 0.390 e. The van der Waals surface area contributed by atoms with Crippen LogP contribution < -0.4 is 11.3 Å². The summed E-state index contributed by atoms with van der Waals surface area (Å²) < 4.78 is 59.7. The molecule has 6 atom stereocenters. The van der Waals surface area contributed by atoms with Crippen LogP contribution in [0.4, 0.5) is 11.6 Å². The van der Waals surface area contributed by atoms with E-state index in [1.807, 2.05) is 13.8 Å². The molecule has 1 saturated heterocycles. The van der Waals surface area contributed by atoms with E-state index < -0.39 is 65.1 Å². The number of benzene rings is 1. The van der Waals surface area contributed by atoms with Crippen molar-refractivity contribution in [3.63, 3.8) is 0 Å². The number of aliphatic hydroxyl groups is 1. The number of nitrogens with one attached hydrogen (secondary N) is 1. The molecule has 24 heteroatoms. The first-order chi connectivity index (χ1) is 21.7. The number of nitro groups is 1. The van der Waals surface area contributed by atoms with Crippen LogP contribution in [-0.4, -0.2) is 63.0 Å². The third kappa shape index (κ3) is 9.61. The van der Waals surface area contributed by atoms with Crippen molar-refractivity contribution in [1.29, 1.82) is 0 Å². The Labute approximate surface area is 264 Å². The predicted octanol–water partition coefficient (Wildman–Crippen LogP) is 2.51. The Morgan fingerprint density at radius 1 is 1.17 bits per heavy atom. The Morgan fingerprint density at radius 3 is 2.49 bits per heavy atom. The largest absolute Gasteiger partial charge is 0.490 e. The molecule has 0 radical (unpaired) electrons. The molecule has 3 heterocycles. The minimum atomic E-state index is -5.76. The Kier molecular flexibility index (Phi) is 11.3. The van der Waals surface area contributed by atoms with Gasteiger partial charge in [0.25, 0.3) is 11.2 Å². The van der Waals surface area contributed by atoms with Gasteiger partial charge < -0.3 is 44.5 Å². The number of hydrogen-bond donors (Lipinski definition) is 7. The van der Waals surface area contributed by atoms with Gasteiger partial charge in [-0.1, -0.05) is 26.0 Å². The highest BCUT2D eigenvalue weighted by Gasteiger charge is 2.43. The van der Waals surface area contributed by atoms with Crippen LogP contribution in [0.25, 0.3) is 11.0 Å². The summed E-state index contributed by atoms with van der Waals surface area (Å²) in [5.41, 5.74) is 5.65. The maximum atomic E-state index is 13.0. The predicted molar refractivity (Wildman–Crippen MR) is 159 cm³/mol. The molecule has 1 aliphatic heterocycles. The number of hydrogen-bond acceptors (Lipinski definition) is 14. The number of nitrogens with zero attached hydrogens (tertiary/aromatic N) is 3. The van der Waals surface area contributed by atoms with E-state index in [4.69, 9.17) is 25.0 Å². The van der Waals surface area contributed by atoms with Gasteiger partial charge in [-0.05, 0) is 18.4 Å². The van der Waals surface area contributed by atoms with E-state index in [1.54, 1.807) is 12.1 Å². The molecule has 2 unspecified atom stereocenters. The number of H-pyrrole nitrogens is 1. The quantitative estimate of drug-likeness (QED) is 0.0671. The van der Waals surface area contributed by atoms with Crippen LogP contribution in [0.2, 0.25) is 0 Å². The number of aliphatic hydroxyl groups excluding tert-OH is 1. The lowest BCUT2D eigenvalue weighted by atomic mass is 9.98. The van der Waals surface area contributed by atoms with E-state index in [9.17, 15) is 43.5 Å². The molecule has 47 heavy (non-hydrogen) atoms. The second kappa shape index (κ2) is 14.3. The highest BCUT2D eigenvalue weighted by molar-refractivity contribution is 7.66. The fourth-order valence-electron chi connectivity index (χ4n) is 4.91. The number of fused-ring (bicyclic) bond motifs is 1. The summed E-state index contributed by atoms with van der Waals surface area (Å²) in [5, 5.41) is 22.3. The highest BCUT2D eigenvalue weighted by Crippen LogP contribution is 2.66. The van der Waals surface area contributed by atoms with Crippen molar-refractivity contribution in [2.45, 2.75) is 57.8 Å². The SMILES string of the molecule is CC(C)C[C@H](OCc1cn([C@H]2C[C@@H](O)[C@@H](COP(=O)(O)OP(=O)(O)OP(=O)(O)O)O2)c2nc(N)[nH]c(=O)c12)c1ccccc1[N+](=O)[O-]. The minimum absolute atomic E-state index is 0.0155. The Balaban J connectivity index is 1.56. The number of anilines is 1. The van der Waals surface area contributed by atoms with Crippen LogP contribution in [0, 0.1) is 16.0 Å². The topological polar surface area (TPSA) is 318 Å². The number of aromatic nitrogens is 3. The van der Waals surface area contributed by atoms with E-state index in [2.05, 4.69) is 23.1 Å². The van der Waals surface area contributed by atoms with Gasteiger partial charge in [-0.3, -0.25) is 24.4 Å². The molecule has 3 aromatic rings. The molecular formula is C23H32N5O16P3. The van der Waals surface area contributed by atoms with Crippen molar-refractivity contribution in [2.24, 2.45) is 5.92 Å². The average Bonchev–Trinajstić information content (AvgIpc) is 3.47. The molecule has 0 bridgehead atoms. The lowest BCUT2D eigenvalue weighted by Gasteiger charge is -2.20. The summed E-state index contributed by atoms with van der Waals surface area (Å²) in [5.74, 6) is -0.184. The van der Waals surface area contributed by atoms with Crippen LogP contribution in [0.3, 0.4) is 0 Å². The van der Waals surface area contributed by atoms with E-state index in [0.717, 1.165) is 0 Å². The lowest BCUT2D eigenvalue weighted by Crippen LogP contribution is -2.26. The van der Waals surface area contributed by atoms with Gasteiger partial charge in [-0.15, -0.1) is 0 Å². The summed E-state index contributed by atoms with van der Waals surface area (Å²) in [6, 6.07) is 6.12. The molecule has 1 aliphatic rings. The Morgan fingerprint density at radius 2 is 1.85 bits per heavy atom. The summed E-state index contributed by atoms with van der Waals surface area (Å²) in [4.78, 5) is 67.2. The summed E-state index contributed by atoms with van der Waals surface area (Å²) in [6.45, 7) is 2.70. The van der Waals surface area contributed by atoms with Crippen molar-refractivity contribution in [2.75, 3.05) is 12.3 Å². The number of ether oxygens (including phenoxy) is 2. The highest BCUT2D eigenvalue weighted by atomic mass is 31.3. The molecule has 0 amide bonds. The molecule has 0 spiro atoms. The van der Waals surface area contributed by atoms with E-state index in [-0.39, 0.29) is 47.2 Å². The molecule has 4 rings (SSSR count). The number of phosphoric ester groups is 1. The molecule has 1 fully saturated rings. The first-order valence-electron chi connectivity index (χ1n) is 13.6. The van der Waals surface area contributed by atoms with Crippen LogP contribution in [0.1, 0.15) is 50.1 Å². The van der Waals surface area contributed by atoms with E-state index in [1.165, 1.54) is 22.9 Å². The van der Waals surface area contributed by atoms with Crippen LogP contribution in [-0.2, 0) is 42.9 Å². The van der Waals surface area contributed by atoms with Gasteiger partial charge in [0.2, 0.25) is 5.95 Å². The molecule has 0 saturated carbocycles. The van der Waals surface area contributed by atoms with Gasteiger partial charge in [-0.2, -0.15) is 13.6 Å². The molecule has 2 aromatic heterocycles. The summed E-state index contributed by atoms with van der Waals surface area (Å²) >= 11 is 0. The Hall–Kier alpha value is -2.87. The summed E-state index contributed by atoms with van der Waals surface area (Å²) in [7, 11) is -16.9. The zero-order valence-electron chi connectivity index (χ0n) is 24.6. The molecular weight excluding hydrogens is 695 g/mol. The second-order valence-electron chi connectivity index (χ2n) is 10.8. The second-order valence-corrected chi connectivity index (χ2v) is 15.2. The van der Waals surface area contributed by atoms with Crippen LogP contribution in [0.15, 0.2) is 35.3 Å². The van der Waals surface area contributed by atoms with Crippen LogP contribution in [0.5, 0.6) is 0 Å². The molecule has 8 N–H and O–H groups in total. The number of phosphoric acid groups is 3. The van der Waals surface area contributed by atoms with Gasteiger partial charge in [-0.25, -0.2) is 13.7 Å². The third-order valence-electron chi connectivity index (χ3n) is 6.72. The molecule has 1 aromatic carbocycles. The third-order valence-corrected chi connectivity index (χ3v) is 10.5. The van der Waals surface area contributed by atoms with Gasteiger partial charge in [0.1, 0.15) is 12.3 Å². The zero-order chi connectivity index (χ0) is 34.9. The number of nitro benzene ring substituents is 1. The summed E-state index contributed by atoms with van der Waals surface area (Å²) in [6.07, 6.45) is -2.89. The first kappa shape index (κ1) is 37.0.